The van der Waals surface area contributed by atoms with Gasteiger partial charge in [0.1, 0.15) is 17.7 Å². The van der Waals surface area contributed by atoms with Crippen molar-refractivity contribution in [3.05, 3.63) is 46.9 Å². The quantitative estimate of drug-likeness (QED) is 0.808. The van der Waals surface area contributed by atoms with Crippen molar-refractivity contribution in [3.63, 3.8) is 0 Å². The molecule has 3 rings (SSSR count). The van der Waals surface area contributed by atoms with Gasteiger partial charge in [-0.1, -0.05) is 19.1 Å². The van der Waals surface area contributed by atoms with Gasteiger partial charge in [-0.3, -0.25) is 19.4 Å². The normalized spacial score (nSPS) is 28.4. The molecule has 6 nitrogen and oxygen atoms in total. The average molecular weight is 359 g/mol. The van der Waals surface area contributed by atoms with Crippen LogP contribution < -0.4 is 0 Å². The number of halogens is 1. The Balaban J connectivity index is 2.21. The maximum atomic E-state index is 13.3. The highest BCUT2D eigenvalue weighted by atomic mass is 19.1. The minimum atomic E-state index is -1.24. The van der Waals surface area contributed by atoms with Crippen molar-refractivity contribution in [2.45, 2.75) is 26.2 Å². The van der Waals surface area contributed by atoms with Gasteiger partial charge in [-0.25, -0.2) is 4.39 Å². The molecular formula is C19H18FNO5. The van der Waals surface area contributed by atoms with Gasteiger partial charge in [0.2, 0.25) is 0 Å². The highest BCUT2D eigenvalue weighted by molar-refractivity contribution is 6.13. The molecule has 136 valence electrons. The first-order valence-corrected chi connectivity index (χ1v) is 8.26. The Kier molecular flexibility index (Phi) is 4.48. The molecule has 4 unspecified atom stereocenters. The van der Waals surface area contributed by atoms with Crippen molar-refractivity contribution >= 4 is 23.4 Å². The highest BCUT2D eigenvalue weighted by Crippen LogP contribution is 2.46. The molecule has 0 fully saturated rings. The molecule has 0 bridgehead atoms. The second kappa shape index (κ2) is 6.48. The van der Waals surface area contributed by atoms with Gasteiger partial charge in [0.15, 0.2) is 5.78 Å². The van der Waals surface area contributed by atoms with Crippen LogP contribution in [0.25, 0.3) is 0 Å². The molecule has 2 aliphatic rings. The summed E-state index contributed by atoms with van der Waals surface area (Å²) in [6.45, 7) is 3.25. The second-order valence-electron chi connectivity index (χ2n) is 6.82. The molecule has 4 atom stereocenters. The van der Waals surface area contributed by atoms with Crippen LogP contribution in [0, 0.1) is 23.6 Å². The molecule has 26 heavy (non-hydrogen) atoms. The molecule has 0 saturated carbocycles. The number of carbonyl (C=O) groups is 3. The predicted octanol–water partition coefficient (Wildman–Crippen LogP) is 2.65. The number of benzene rings is 1. The summed E-state index contributed by atoms with van der Waals surface area (Å²) in [4.78, 5) is 40.7. The molecule has 1 aliphatic carbocycles. The number of allylic oxidation sites excluding steroid dienone is 2. The standard InChI is InChI=1S/C19H18FNO5/c1-8-7-12-16(17(22)13(8)18(23)24)15(10-3-5-11(20)6-4-10)14(19(25)26)9(2)21-12/h3-6,8,13-15H,7H2,1-2H3,(H,23,24)(H,25,26). The monoisotopic (exact) mass is 359 g/mol. The maximum Gasteiger partial charge on any atom is 0.314 e. The summed E-state index contributed by atoms with van der Waals surface area (Å²) in [7, 11) is 0. The molecule has 0 aromatic heterocycles. The molecule has 0 spiro atoms. The van der Waals surface area contributed by atoms with Gasteiger partial charge < -0.3 is 10.2 Å². The van der Waals surface area contributed by atoms with E-state index in [0.29, 0.717) is 17.0 Å². The van der Waals surface area contributed by atoms with Crippen molar-refractivity contribution in [2.24, 2.45) is 22.7 Å². The van der Waals surface area contributed by atoms with Crippen LogP contribution in [-0.4, -0.2) is 33.6 Å². The number of nitrogens with zero attached hydrogens (tertiary/aromatic N) is 1. The summed E-state index contributed by atoms with van der Waals surface area (Å²) < 4.78 is 13.3. The Morgan fingerprint density at radius 2 is 1.69 bits per heavy atom. The number of Topliss-reactive ketones (excluding diaryl/α,β-unsaturated/α-hetero) is 1. The lowest BCUT2D eigenvalue weighted by atomic mass is 9.67. The fraction of sp³-hybridized carbons (Fsp3) is 0.368. The van der Waals surface area contributed by atoms with E-state index in [1.165, 1.54) is 24.3 Å². The van der Waals surface area contributed by atoms with Gasteiger partial charge in [-0.15, -0.1) is 0 Å². The van der Waals surface area contributed by atoms with E-state index in [4.69, 9.17) is 0 Å². The fourth-order valence-electron chi connectivity index (χ4n) is 3.94. The fourth-order valence-corrected chi connectivity index (χ4v) is 3.94. The highest BCUT2D eigenvalue weighted by Gasteiger charge is 2.48. The molecule has 2 N–H and O–H groups in total. The van der Waals surface area contributed by atoms with Gasteiger partial charge in [0, 0.05) is 22.9 Å². The van der Waals surface area contributed by atoms with Crippen molar-refractivity contribution in [2.75, 3.05) is 0 Å². The third kappa shape index (κ3) is 2.83. The van der Waals surface area contributed by atoms with Crippen molar-refractivity contribution in [1.29, 1.82) is 0 Å². The number of hydrogen-bond acceptors (Lipinski definition) is 4. The van der Waals surface area contributed by atoms with Crippen LogP contribution >= 0.6 is 0 Å². The van der Waals surface area contributed by atoms with E-state index in [0.717, 1.165) is 0 Å². The summed E-state index contributed by atoms with van der Waals surface area (Å²) in [5, 5.41) is 19.1. The van der Waals surface area contributed by atoms with Crippen LogP contribution in [0.4, 0.5) is 4.39 Å². The lowest BCUT2D eigenvalue weighted by Crippen LogP contribution is -2.42. The van der Waals surface area contributed by atoms with Crippen molar-refractivity contribution in [3.8, 4) is 0 Å². The predicted molar refractivity (Wildman–Crippen MR) is 90.3 cm³/mol. The number of aliphatic imine (C=N–C) groups is 1. The Morgan fingerprint density at radius 3 is 2.23 bits per heavy atom. The SMILES string of the molecule is CC1=NC2=C(C(=O)C(C(=O)O)C(C)C2)C(c2ccc(F)cc2)C1C(=O)O. The van der Waals surface area contributed by atoms with E-state index < -0.39 is 47.2 Å². The number of hydrogen-bond donors (Lipinski definition) is 2. The number of aliphatic carboxylic acids is 2. The zero-order chi connectivity index (χ0) is 19.2. The summed E-state index contributed by atoms with van der Waals surface area (Å²) in [5.74, 6) is -7.15. The summed E-state index contributed by atoms with van der Waals surface area (Å²) in [6, 6.07) is 5.25. The van der Waals surface area contributed by atoms with Crippen molar-refractivity contribution < 1.29 is 29.0 Å². The molecule has 0 saturated heterocycles. The third-order valence-electron chi connectivity index (χ3n) is 5.11. The van der Waals surface area contributed by atoms with Crippen molar-refractivity contribution in [1.82, 2.24) is 0 Å². The largest absolute Gasteiger partial charge is 0.481 e. The van der Waals surface area contributed by atoms with Crippen LogP contribution in [0.1, 0.15) is 31.7 Å². The molecule has 1 aromatic rings. The first-order chi connectivity index (χ1) is 12.2. The van der Waals surface area contributed by atoms with E-state index in [9.17, 15) is 29.0 Å². The van der Waals surface area contributed by atoms with Gasteiger partial charge in [0.05, 0.1) is 0 Å². The topological polar surface area (TPSA) is 104 Å². The molecule has 0 amide bonds. The van der Waals surface area contributed by atoms with E-state index >= 15 is 0 Å². The van der Waals surface area contributed by atoms with Crippen LogP contribution in [0.15, 0.2) is 40.5 Å². The van der Waals surface area contributed by atoms with Crippen LogP contribution in [0.3, 0.4) is 0 Å². The van der Waals surface area contributed by atoms with Crippen LogP contribution in [0.5, 0.6) is 0 Å². The van der Waals surface area contributed by atoms with Gasteiger partial charge in [-0.2, -0.15) is 0 Å². The maximum absolute atomic E-state index is 13.3. The summed E-state index contributed by atoms with van der Waals surface area (Å²) >= 11 is 0. The number of rotatable bonds is 3. The van der Waals surface area contributed by atoms with Gasteiger partial charge >= 0.3 is 11.9 Å². The van der Waals surface area contributed by atoms with Gasteiger partial charge in [0.25, 0.3) is 0 Å². The van der Waals surface area contributed by atoms with E-state index in [-0.39, 0.29) is 12.0 Å². The minimum Gasteiger partial charge on any atom is -0.481 e. The van der Waals surface area contributed by atoms with Crippen LogP contribution in [-0.2, 0) is 14.4 Å². The average Bonchev–Trinajstić information content (AvgIpc) is 2.53. The summed E-state index contributed by atoms with van der Waals surface area (Å²) in [5.41, 5.74) is 1.36. The lowest BCUT2D eigenvalue weighted by molar-refractivity contribution is -0.147. The Bertz CT molecular complexity index is 855. The number of carbonyl (C=O) groups excluding carboxylic acids is 1. The zero-order valence-corrected chi connectivity index (χ0v) is 14.3. The number of ketones is 1. The molecule has 1 heterocycles. The summed E-state index contributed by atoms with van der Waals surface area (Å²) in [6.07, 6.45) is 0.277. The third-order valence-corrected chi connectivity index (χ3v) is 5.11. The second-order valence-corrected chi connectivity index (χ2v) is 6.82. The first-order valence-electron chi connectivity index (χ1n) is 8.26. The lowest BCUT2D eigenvalue weighted by Gasteiger charge is -2.37. The first kappa shape index (κ1) is 18.0. The smallest absolute Gasteiger partial charge is 0.314 e. The van der Waals surface area contributed by atoms with E-state index in [2.05, 4.69) is 4.99 Å². The number of carboxylic acid groups (broad SMARTS) is 2. The molecule has 1 aliphatic heterocycles. The van der Waals surface area contributed by atoms with E-state index in [1.54, 1.807) is 13.8 Å². The molecular weight excluding hydrogens is 341 g/mol. The number of carboxylic acids is 2. The Hall–Kier alpha value is -2.83. The Morgan fingerprint density at radius 1 is 1.12 bits per heavy atom. The Labute approximate surface area is 149 Å². The molecule has 0 radical (unpaired) electrons. The molecule has 1 aromatic carbocycles. The zero-order valence-electron chi connectivity index (χ0n) is 14.3. The molecule has 7 heteroatoms. The van der Waals surface area contributed by atoms with E-state index in [1.807, 2.05) is 0 Å². The van der Waals surface area contributed by atoms with Gasteiger partial charge in [-0.05, 0) is 37.0 Å². The minimum absolute atomic E-state index is 0.125. The van der Waals surface area contributed by atoms with Crippen LogP contribution in [0.2, 0.25) is 0 Å².